The summed E-state index contributed by atoms with van der Waals surface area (Å²) in [7, 11) is 2.65. The average Bonchev–Trinajstić information content (AvgIpc) is 2.48. The fourth-order valence-corrected chi connectivity index (χ4v) is 2.57. The zero-order valence-electron chi connectivity index (χ0n) is 11.1. The molecule has 0 aromatic heterocycles. The van der Waals surface area contributed by atoms with Crippen LogP contribution < -0.4 is 16.8 Å². The maximum absolute atomic E-state index is 7.81. The number of benzene rings is 2. The van der Waals surface area contributed by atoms with Crippen molar-refractivity contribution in [3.63, 3.8) is 0 Å². The second kappa shape index (κ2) is 7.61. The van der Waals surface area contributed by atoms with Crippen molar-refractivity contribution in [1.82, 2.24) is 0 Å². The molecule has 21 heavy (non-hydrogen) atoms. The van der Waals surface area contributed by atoms with E-state index in [4.69, 9.17) is 16.9 Å². The van der Waals surface area contributed by atoms with Crippen LogP contribution in [0.25, 0.3) is 0 Å². The highest BCUT2D eigenvalue weighted by Gasteiger charge is 1.98. The van der Waals surface area contributed by atoms with E-state index in [0.717, 1.165) is 11.4 Å². The molecule has 0 spiro atoms. The van der Waals surface area contributed by atoms with E-state index in [0.29, 0.717) is 16.5 Å². The highest BCUT2D eigenvalue weighted by molar-refractivity contribution is 8.86. The number of hydrogen-bond acceptors (Lipinski definition) is 6. The van der Waals surface area contributed by atoms with Gasteiger partial charge in [0.05, 0.1) is 11.2 Å². The highest BCUT2D eigenvalue weighted by Crippen LogP contribution is 2.23. The monoisotopic (exact) mass is 317 g/mol. The van der Waals surface area contributed by atoms with Gasteiger partial charge in [0.2, 0.25) is 0 Å². The molecule has 0 bridgehead atoms. The van der Waals surface area contributed by atoms with Crippen molar-refractivity contribution in [2.75, 3.05) is 16.8 Å². The minimum Gasteiger partial charge on any atom is -0.399 e. The highest BCUT2D eigenvalue weighted by atomic mass is 33.1. The average molecular weight is 317 g/mol. The second-order valence-electron chi connectivity index (χ2n) is 4.08. The number of nitrogens with two attached hydrogens (primary N) is 2. The van der Waals surface area contributed by atoms with Gasteiger partial charge >= 0.3 is 0 Å². The van der Waals surface area contributed by atoms with Crippen LogP contribution in [0.3, 0.4) is 0 Å². The van der Waals surface area contributed by atoms with Gasteiger partial charge in [-0.05, 0) is 70.1 Å². The van der Waals surface area contributed by atoms with Crippen LogP contribution >= 0.6 is 21.6 Å². The second-order valence-corrected chi connectivity index (χ2v) is 6.14. The first-order valence-electron chi connectivity index (χ1n) is 6.06. The van der Waals surface area contributed by atoms with Crippen molar-refractivity contribution in [2.45, 2.75) is 0 Å². The van der Waals surface area contributed by atoms with E-state index < -0.39 is 0 Å². The molecular formula is C14H15N5S2. The number of rotatable bonds is 4. The van der Waals surface area contributed by atoms with Crippen molar-refractivity contribution in [3.05, 3.63) is 48.5 Å². The van der Waals surface area contributed by atoms with Crippen LogP contribution in [0.1, 0.15) is 0 Å². The Labute approximate surface area is 131 Å². The van der Waals surface area contributed by atoms with Gasteiger partial charge < -0.3 is 16.8 Å². The van der Waals surface area contributed by atoms with Crippen LogP contribution in [0.4, 0.5) is 22.7 Å². The predicted octanol–water partition coefficient (Wildman–Crippen LogP) is 3.94. The molecular weight excluding hydrogens is 302 g/mol. The van der Waals surface area contributed by atoms with Crippen LogP contribution in [-0.2, 0) is 0 Å². The summed E-state index contributed by atoms with van der Waals surface area (Å²) in [5, 5.41) is 11.1. The van der Waals surface area contributed by atoms with E-state index in [-0.39, 0.29) is 0 Å². The number of nitrogen functional groups attached to an aromatic ring is 2. The van der Waals surface area contributed by atoms with Crippen LogP contribution in [-0.4, -0.2) is 10.7 Å². The summed E-state index contributed by atoms with van der Waals surface area (Å²) in [6.45, 7) is 0. The van der Waals surface area contributed by atoms with Crippen LogP contribution in [0.2, 0.25) is 0 Å². The molecule has 2 aromatic carbocycles. The molecule has 108 valence electrons. The van der Waals surface area contributed by atoms with Crippen molar-refractivity contribution >= 4 is 55.1 Å². The Hall–Kier alpha value is -2.12. The van der Waals surface area contributed by atoms with Crippen molar-refractivity contribution < 1.29 is 0 Å². The Morgan fingerprint density at radius 2 is 1.57 bits per heavy atom. The molecule has 2 rings (SSSR count). The van der Waals surface area contributed by atoms with Crippen molar-refractivity contribution in [2.24, 2.45) is 4.99 Å². The molecule has 0 fully saturated rings. The number of amidine groups is 1. The summed E-state index contributed by atoms with van der Waals surface area (Å²) < 4.78 is 0. The topological polar surface area (TPSA) is 100 Å². The number of nitrogens with zero attached hydrogens (tertiary/aromatic N) is 1. The SMILES string of the molecule is N=C(Nc1ccc(N)cc1)SS/C=N\c1ccc(N)cc1. The summed E-state index contributed by atoms with van der Waals surface area (Å²) in [4.78, 5) is 4.26. The fraction of sp³-hybridized carbons (Fsp3) is 0. The number of aliphatic imine (C=N–C) groups is 1. The molecule has 5 nitrogen and oxygen atoms in total. The Morgan fingerprint density at radius 3 is 2.19 bits per heavy atom. The minimum atomic E-state index is 0.327. The summed E-state index contributed by atoms with van der Waals surface area (Å²) in [5.74, 6) is 0. The van der Waals surface area contributed by atoms with Gasteiger partial charge in [0.1, 0.15) is 0 Å². The van der Waals surface area contributed by atoms with Crippen molar-refractivity contribution in [1.29, 1.82) is 5.41 Å². The molecule has 6 N–H and O–H groups in total. The summed E-state index contributed by atoms with van der Waals surface area (Å²) >= 11 is 0. The third-order valence-electron chi connectivity index (χ3n) is 2.44. The lowest BCUT2D eigenvalue weighted by Gasteiger charge is -2.05. The van der Waals surface area contributed by atoms with E-state index in [1.807, 2.05) is 24.3 Å². The van der Waals surface area contributed by atoms with Gasteiger partial charge in [-0.1, -0.05) is 0 Å². The first kappa shape index (κ1) is 15.3. The molecule has 0 unspecified atom stereocenters. The molecule has 0 radical (unpaired) electrons. The molecule has 0 aliphatic heterocycles. The van der Waals surface area contributed by atoms with E-state index in [1.54, 1.807) is 29.8 Å². The lowest BCUT2D eigenvalue weighted by atomic mass is 10.3. The van der Waals surface area contributed by atoms with Gasteiger partial charge in [0, 0.05) is 17.1 Å². The maximum Gasteiger partial charge on any atom is 0.169 e. The van der Waals surface area contributed by atoms with Gasteiger partial charge in [-0.2, -0.15) is 0 Å². The Morgan fingerprint density at radius 1 is 1.00 bits per heavy atom. The zero-order valence-corrected chi connectivity index (χ0v) is 12.7. The van der Waals surface area contributed by atoms with E-state index in [2.05, 4.69) is 10.3 Å². The molecule has 0 aliphatic rings. The zero-order chi connectivity index (χ0) is 15.1. The van der Waals surface area contributed by atoms with E-state index in [9.17, 15) is 0 Å². The smallest absolute Gasteiger partial charge is 0.169 e. The lowest BCUT2D eigenvalue weighted by Crippen LogP contribution is -2.04. The van der Waals surface area contributed by atoms with Gasteiger partial charge in [0.15, 0.2) is 5.17 Å². The minimum absolute atomic E-state index is 0.327. The van der Waals surface area contributed by atoms with Crippen LogP contribution in [0, 0.1) is 5.41 Å². The molecule has 0 saturated heterocycles. The Kier molecular flexibility index (Phi) is 5.53. The molecule has 2 aromatic rings. The third-order valence-corrected chi connectivity index (χ3v) is 4.04. The molecule has 0 saturated carbocycles. The van der Waals surface area contributed by atoms with Crippen LogP contribution in [0.5, 0.6) is 0 Å². The summed E-state index contributed by atoms with van der Waals surface area (Å²) in [5.41, 5.74) is 16.0. The van der Waals surface area contributed by atoms with Crippen molar-refractivity contribution in [3.8, 4) is 0 Å². The van der Waals surface area contributed by atoms with Gasteiger partial charge in [-0.25, -0.2) is 4.99 Å². The Bertz CT molecular complexity index is 623. The largest absolute Gasteiger partial charge is 0.399 e. The normalized spacial score (nSPS) is 10.7. The maximum atomic E-state index is 7.81. The number of nitrogens with one attached hydrogen (secondary N) is 2. The molecule has 0 aliphatic carbocycles. The van der Waals surface area contributed by atoms with E-state index in [1.165, 1.54) is 21.6 Å². The van der Waals surface area contributed by atoms with Gasteiger partial charge in [-0.15, -0.1) is 0 Å². The standard InChI is InChI=1S/C14H15N5S2/c15-10-1-5-12(6-2-10)18-9-20-21-14(17)19-13-7-3-11(16)4-8-13/h1-9H,15-16H2,(H2,17,19)/b18-9-. The van der Waals surface area contributed by atoms with Gasteiger partial charge in [0.25, 0.3) is 0 Å². The van der Waals surface area contributed by atoms with Gasteiger partial charge in [-0.3, -0.25) is 5.41 Å². The third kappa shape index (κ3) is 5.41. The summed E-state index contributed by atoms with van der Waals surface area (Å²) in [6.07, 6.45) is 0. The Balaban J connectivity index is 1.76. The molecule has 7 heteroatoms. The number of anilines is 3. The van der Waals surface area contributed by atoms with Crippen LogP contribution in [0.15, 0.2) is 53.5 Å². The summed E-state index contributed by atoms with van der Waals surface area (Å²) in [6, 6.07) is 14.5. The quantitative estimate of drug-likeness (QED) is 0.296. The molecule has 0 amide bonds. The number of hydrogen-bond donors (Lipinski definition) is 4. The first-order chi connectivity index (χ1) is 10.1. The first-order valence-corrected chi connectivity index (χ1v) is 8.27. The predicted molar refractivity (Wildman–Crippen MR) is 96.4 cm³/mol. The lowest BCUT2D eigenvalue weighted by molar-refractivity contribution is 1.52. The van der Waals surface area contributed by atoms with E-state index >= 15 is 0 Å². The fourth-order valence-electron chi connectivity index (χ4n) is 1.43. The molecule has 0 atom stereocenters. The molecule has 0 heterocycles.